The van der Waals surface area contributed by atoms with Crippen molar-refractivity contribution < 1.29 is 19.3 Å². The fourth-order valence-electron chi connectivity index (χ4n) is 2.82. The normalized spacial score (nSPS) is 11.9. The number of nitrogens with one attached hydrogen (secondary N) is 1. The van der Waals surface area contributed by atoms with Crippen LogP contribution in [0.5, 0.6) is 17.2 Å². The second kappa shape index (κ2) is 8.80. The molecule has 2 N–H and O–H groups in total. The molecule has 3 rings (SSSR count). The van der Waals surface area contributed by atoms with Crippen LogP contribution in [-0.4, -0.2) is 49.2 Å². The highest BCUT2D eigenvalue weighted by molar-refractivity contribution is 5.84. The maximum Gasteiger partial charge on any atom is 0.203 e. The number of aromatic amines is 1. The van der Waals surface area contributed by atoms with E-state index in [4.69, 9.17) is 14.2 Å². The Bertz CT molecular complexity index is 1070. The minimum Gasteiger partial charge on any atom is -0.509 e. The van der Waals surface area contributed by atoms with Crippen molar-refractivity contribution in [1.82, 2.24) is 9.97 Å². The highest BCUT2D eigenvalue weighted by atomic mass is 16.5. The minimum absolute atomic E-state index is 0.0447. The van der Waals surface area contributed by atoms with E-state index < -0.39 is 0 Å². The Hall–Kier alpha value is -3.99. The van der Waals surface area contributed by atoms with Gasteiger partial charge >= 0.3 is 0 Å². The van der Waals surface area contributed by atoms with Crippen LogP contribution in [0.2, 0.25) is 0 Å². The van der Waals surface area contributed by atoms with Gasteiger partial charge in [-0.1, -0.05) is 12.1 Å². The molecule has 0 bridgehead atoms. The summed E-state index contributed by atoms with van der Waals surface area (Å²) in [5, 5.41) is 19.8. The molecule has 3 aromatic rings. The Labute approximate surface area is 167 Å². The van der Waals surface area contributed by atoms with Gasteiger partial charge in [-0.05, 0) is 29.8 Å². The number of para-hydroxylation sites is 2. The number of hydrogen-bond acceptors (Lipinski definition) is 7. The molecule has 1 heterocycles. The summed E-state index contributed by atoms with van der Waals surface area (Å²) in [4.78, 5) is 11.6. The van der Waals surface area contributed by atoms with Crippen molar-refractivity contribution in [3.8, 4) is 23.3 Å². The van der Waals surface area contributed by atoms with Gasteiger partial charge in [-0.25, -0.2) is 4.98 Å². The lowest BCUT2D eigenvalue weighted by Gasteiger charge is -2.12. The third-order valence-corrected chi connectivity index (χ3v) is 4.20. The summed E-state index contributed by atoms with van der Waals surface area (Å²) in [5.74, 6) is 1.58. The molecule has 0 amide bonds. The van der Waals surface area contributed by atoms with Gasteiger partial charge in [-0.15, -0.1) is 0 Å². The molecule has 0 saturated heterocycles. The van der Waals surface area contributed by atoms with Gasteiger partial charge in [-0.2, -0.15) is 5.26 Å². The number of aromatic nitrogens is 2. The number of nitriles is 1. The fourth-order valence-corrected chi connectivity index (χ4v) is 2.82. The van der Waals surface area contributed by atoms with Gasteiger partial charge in [0.15, 0.2) is 17.3 Å². The van der Waals surface area contributed by atoms with Gasteiger partial charge in [0.1, 0.15) is 17.4 Å². The molecule has 8 heteroatoms. The van der Waals surface area contributed by atoms with Gasteiger partial charge in [0.05, 0.1) is 38.9 Å². The van der Waals surface area contributed by atoms with Gasteiger partial charge < -0.3 is 24.3 Å². The number of methoxy groups -OCH3 is 3. The predicted octanol–water partition coefficient (Wildman–Crippen LogP) is 3.50. The zero-order valence-corrected chi connectivity index (χ0v) is 16.3. The van der Waals surface area contributed by atoms with E-state index in [1.807, 2.05) is 30.3 Å². The van der Waals surface area contributed by atoms with Crippen molar-refractivity contribution in [1.29, 1.82) is 5.26 Å². The standard InChI is InChI=1S/C21H20N4O4/c1-27-18-8-13(9-19(28-2)20(18)29-3)11-23-12-17(26)14(10-22)21-24-15-6-4-5-7-16(15)25-21/h4-9,11,26H,12H2,1-3H3,(H,24,25)/b17-14-,23-11?. The highest BCUT2D eigenvalue weighted by Gasteiger charge is 2.14. The molecule has 0 aliphatic rings. The summed E-state index contributed by atoms with van der Waals surface area (Å²) in [6.45, 7) is -0.0867. The maximum absolute atomic E-state index is 10.4. The van der Waals surface area contributed by atoms with Gasteiger partial charge in [0.25, 0.3) is 0 Å². The van der Waals surface area contributed by atoms with Crippen LogP contribution in [0.4, 0.5) is 0 Å². The largest absolute Gasteiger partial charge is 0.509 e. The number of benzene rings is 2. The van der Waals surface area contributed by atoms with Crippen molar-refractivity contribution in [3.05, 3.63) is 53.5 Å². The van der Waals surface area contributed by atoms with Crippen molar-refractivity contribution in [2.45, 2.75) is 0 Å². The Morgan fingerprint density at radius 3 is 2.45 bits per heavy atom. The maximum atomic E-state index is 10.4. The molecule has 0 saturated carbocycles. The molecule has 2 aromatic carbocycles. The summed E-state index contributed by atoms with van der Waals surface area (Å²) in [7, 11) is 4.58. The first-order chi connectivity index (χ1) is 14.1. The van der Waals surface area contributed by atoms with E-state index in [1.165, 1.54) is 21.3 Å². The monoisotopic (exact) mass is 392 g/mol. The molecule has 0 spiro atoms. The number of fused-ring (bicyclic) bond motifs is 1. The van der Waals surface area contributed by atoms with Gasteiger partial charge in [-0.3, -0.25) is 4.99 Å². The molecule has 0 aliphatic heterocycles. The summed E-state index contributed by atoms with van der Waals surface area (Å²) in [5.41, 5.74) is 2.23. The van der Waals surface area contributed by atoms with Gasteiger partial charge in [0.2, 0.25) is 5.75 Å². The molecule has 1 aromatic heterocycles. The summed E-state index contributed by atoms with van der Waals surface area (Å²) < 4.78 is 15.9. The first-order valence-electron chi connectivity index (χ1n) is 8.68. The summed E-state index contributed by atoms with van der Waals surface area (Å²) in [6.07, 6.45) is 1.55. The van der Waals surface area contributed by atoms with Crippen molar-refractivity contribution in [3.63, 3.8) is 0 Å². The van der Waals surface area contributed by atoms with Crippen LogP contribution >= 0.6 is 0 Å². The van der Waals surface area contributed by atoms with Crippen molar-refractivity contribution in [2.75, 3.05) is 27.9 Å². The van der Waals surface area contributed by atoms with Crippen molar-refractivity contribution >= 4 is 22.8 Å². The Kier molecular flexibility index (Phi) is 6.00. The number of H-pyrrole nitrogens is 1. The van der Waals surface area contributed by atoms with Crippen molar-refractivity contribution in [2.24, 2.45) is 4.99 Å². The smallest absolute Gasteiger partial charge is 0.203 e. The zero-order chi connectivity index (χ0) is 20.8. The van der Waals surface area contributed by atoms with Crippen LogP contribution < -0.4 is 14.2 Å². The topological polar surface area (TPSA) is 113 Å². The number of aliphatic hydroxyl groups is 1. The number of rotatable bonds is 7. The molecular formula is C21H20N4O4. The number of allylic oxidation sites excluding steroid dienone is 1. The Balaban J connectivity index is 1.85. The van der Waals surface area contributed by atoms with Gasteiger partial charge in [0, 0.05) is 6.21 Å². The number of hydrogen-bond donors (Lipinski definition) is 2. The highest BCUT2D eigenvalue weighted by Crippen LogP contribution is 2.37. The molecule has 148 valence electrons. The van der Waals surface area contributed by atoms with Crippen LogP contribution in [-0.2, 0) is 0 Å². The lowest BCUT2D eigenvalue weighted by Crippen LogP contribution is -1.98. The third kappa shape index (κ3) is 4.14. The molecule has 0 aliphatic carbocycles. The molecule has 0 fully saturated rings. The first kappa shape index (κ1) is 19.8. The lowest BCUT2D eigenvalue weighted by atomic mass is 10.2. The van der Waals surface area contributed by atoms with E-state index >= 15 is 0 Å². The van der Waals surface area contributed by atoms with E-state index in [1.54, 1.807) is 18.3 Å². The van der Waals surface area contributed by atoms with Crippen LogP contribution in [0.1, 0.15) is 11.4 Å². The van der Waals surface area contributed by atoms with E-state index in [-0.39, 0.29) is 17.9 Å². The fraction of sp³-hybridized carbons (Fsp3) is 0.190. The van der Waals surface area contributed by atoms with Crippen LogP contribution in [0.15, 0.2) is 47.1 Å². The number of aliphatic imine (C=N–C) groups is 1. The number of ether oxygens (including phenoxy) is 3. The Morgan fingerprint density at radius 2 is 1.86 bits per heavy atom. The second-order valence-electron chi connectivity index (χ2n) is 5.96. The molecule has 0 atom stereocenters. The lowest BCUT2D eigenvalue weighted by molar-refractivity contribution is 0.324. The molecule has 8 nitrogen and oxygen atoms in total. The molecular weight excluding hydrogens is 372 g/mol. The molecule has 0 radical (unpaired) electrons. The summed E-state index contributed by atoms with van der Waals surface area (Å²) >= 11 is 0. The van der Waals surface area contributed by atoms with E-state index in [0.29, 0.717) is 34.2 Å². The Morgan fingerprint density at radius 1 is 1.17 bits per heavy atom. The molecule has 29 heavy (non-hydrogen) atoms. The molecule has 0 unspecified atom stereocenters. The second-order valence-corrected chi connectivity index (χ2v) is 5.96. The number of imidazole rings is 1. The average molecular weight is 392 g/mol. The third-order valence-electron chi connectivity index (χ3n) is 4.20. The van der Waals surface area contributed by atoms with Crippen LogP contribution in [0.3, 0.4) is 0 Å². The van der Waals surface area contributed by atoms with E-state index in [9.17, 15) is 10.4 Å². The first-order valence-corrected chi connectivity index (χ1v) is 8.68. The number of aliphatic hydroxyl groups excluding tert-OH is 1. The van der Waals surface area contributed by atoms with E-state index in [2.05, 4.69) is 15.0 Å². The van der Waals surface area contributed by atoms with Crippen LogP contribution in [0, 0.1) is 11.3 Å². The van der Waals surface area contributed by atoms with E-state index in [0.717, 1.165) is 5.52 Å². The number of nitrogens with zero attached hydrogens (tertiary/aromatic N) is 3. The van der Waals surface area contributed by atoms with Crippen LogP contribution in [0.25, 0.3) is 16.6 Å². The quantitative estimate of drug-likeness (QED) is 0.361. The zero-order valence-electron chi connectivity index (χ0n) is 16.3. The summed E-state index contributed by atoms with van der Waals surface area (Å²) in [6, 6.07) is 12.8. The average Bonchev–Trinajstić information content (AvgIpc) is 3.17. The SMILES string of the molecule is COc1cc(C=NC/C(O)=C(\C#N)c2nc3ccccc3[nH]2)cc(OC)c1OC. The minimum atomic E-state index is -0.185. The predicted molar refractivity (Wildman–Crippen MR) is 110 cm³/mol.